The van der Waals surface area contributed by atoms with Crippen molar-refractivity contribution < 1.29 is 0 Å². The third-order valence-electron chi connectivity index (χ3n) is 16.7. The summed E-state index contributed by atoms with van der Waals surface area (Å²) in [5, 5.41) is 17.0. The second-order valence-corrected chi connectivity index (χ2v) is 24.0. The maximum atomic E-state index is 4.12. The average Bonchev–Trinajstić information content (AvgIpc) is 3.57. The van der Waals surface area contributed by atoms with E-state index in [1.165, 1.54) is 17.3 Å². The molecule has 13 rings (SSSR count). The highest BCUT2D eigenvalue weighted by atomic mass is 31.1. The van der Waals surface area contributed by atoms with E-state index in [0.29, 0.717) is 28.3 Å². The van der Waals surface area contributed by atoms with Gasteiger partial charge >= 0.3 is 0 Å². The first kappa shape index (κ1) is 34.8. The minimum atomic E-state index is -0.206. The average molecular weight is 747 g/mol. The predicted octanol–water partition coefficient (Wildman–Crippen LogP) is 8.32. The molecule has 4 unspecified atom stereocenters. The Labute approximate surface area is 323 Å². The Morgan fingerprint density at radius 2 is 1.06 bits per heavy atom. The highest BCUT2D eigenvalue weighted by Crippen LogP contribution is 2.80. The van der Waals surface area contributed by atoms with E-state index in [-0.39, 0.29) is 13.1 Å². The molecule has 53 heavy (non-hydrogen) atoms. The summed E-state index contributed by atoms with van der Waals surface area (Å²) < 4.78 is 0. The highest BCUT2D eigenvalue weighted by molar-refractivity contribution is 7.61. The SMILES string of the molecule is PC(C1=C(CP(C23CC4CC(CC(C4)C2)C3)C23CC4CC(CC(C4)C2)C3)C(c2ccccc2)C(c2ccccc2)=C1)(C1CNCCN1)C1CNCCN1. The van der Waals surface area contributed by atoms with Gasteiger partial charge < -0.3 is 21.3 Å². The molecule has 2 saturated heterocycles. The molecule has 0 aromatic heterocycles. The molecule has 10 fully saturated rings. The van der Waals surface area contributed by atoms with Crippen LogP contribution in [0.2, 0.25) is 0 Å². The number of nitrogens with one attached hydrogen (secondary N) is 4. The summed E-state index contributed by atoms with van der Waals surface area (Å²) >= 11 is 0. The largest absolute Gasteiger partial charge is 0.314 e. The Morgan fingerprint density at radius 3 is 1.49 bits per heavy atom. The summed E-state index contributed by atoms with van der Waals surface area (Å²) in [5.74, 6) is 6.38. The Hall–Kier alpha value is -1.38. The smallest absolute Gasteiger partial charge is 0.0426 e. The summed E-state index contributed by atoms with van der Waals surface area (Å²) in [7, 11) is 3.41. The molecule has 8 bridgehead atoms. The lowest BCUT2D eigenvalue weighted by Crippen LogP contribution is -2.68. The first-order valence-corrected chi connectivity index (χ1v) is 24.1. The van der Waals surface area contributed by atoms with Crippen LogP contribution in [0.5, 0.6) is 0 Å². The van der Waals surface area contributed by atoms with Gasteiger partial charge in [-0.1, -0.05) is 74.7 Å². The normalized spacial score (nSPS) is 43.2. The first-order valence-electron chi connectivity index (χ1n) is 22.0. The van der Waals surface area contributed by atoms with Gasteiger partial charge in [0.15, 0.2) is 0 Å². The fraction of sp³-hybridized carbons (Fsp3) is 0.660. The van der Waals surface area contributed by atoms with Crippen LogP contribution in [-0.4, -0.2) is 73.0 Å². The summed E-state index contributed by atoms with van der Waals surface area (Å²) in [6.45, 7) is 6.22. The molecule has 4 nitrogen and oxygen atoms in total. The van der Waals surface area contributed by atoms with Crippen molar-refractivity contribution in [2.45, 2.75) is 111 Å². The van der Waals surface area contributed by atoms with Crippen LogP contribution in [0.15, 0.2) is 77.9 Å². The van der Waals surface area contributed by atoms with Gasteiger partial charge in [-0.15, -0.1) is 9.24 Å². The lowest BCUT2D eigenvalue weighted by molar-refractivity contribution is 0.0187. The van der Waals surface area contributed by atoms with Gasteiger partial charge in [0.25, 0.3) is 0 Å². The standard InChI is InChI=1S/C47H64N4P2/c52-47(42-28-48-11-13-50-42,43-29-49-12-14-51-43)41-21-39(37-7-3-1-4-8-37)44(38-9-5-2-6-10-38)40(41)30-53(45-22-31-15-32(23-45)17-33(16-31)24-45)46-25-34-18-35(26-46)20-36(19-34)27-46/h1-10,21,31-36,42-44,48-51H,11-20,22-30,52H2. The van der Waals surface area contributed by atoms with Crippen molar-refractivity contribution in [2.24, 2.45) is 35.5 Å². The molecule has 2 aliphatic heterocycles. The van der Waals surface area contributed by atoms with E-state index >= 15 is 0 Å². The molecule has 0 radical (unpaired) electrons. The van der Waals surface area contributed by atoms with Crippen molar-refractivity contribution in [3.63, 3.8) is 0 Å². The van der Waals surface area contributed by atoms with Crippen molar-refractivity contribution in [3.05, 3.63) is 89.0 Å². The van der Waals surface area contributed by atoms with Crippen LogP contribution in [0.4, 0.5) is 0 Å². The molecular weight excluding hydrogens is 682 g/mol. The van der Waals surface area contributed by atoms with Crippen molar-refractivity contribution in [3.8, 4) is 0 Å². The van der Waals surface area contributed by atoms with E-state index in [9.17, 15) is 0 Å². The van der Waals surface area contributed by atoms with Crippen molar-refractivity contribution in [1.29, 1.82) is 0 Å². The third kappa shape index (κ3) is 5.88. The Bertz CT molecular complexity index is 1590. The van der Waals surface area contributed by atoms with Crippen molar-refractivity contribution >= 4 is 22.7 Å². The highest BCUT2D eigenvalue weighted by Gasteiger charge is 2.63. The number of allylic oxidation sites excluding steroid dienone is 3. The summed E-state index contributed by atoms with van der Waals surface area (Å²) in [6, 6.07) is 24.1. The number of benzene rings is 2. The van der Waals surface area contributed by atoms with Crippen molar-refractivity contribution in [1.82, 2.24) is 21.3 Å². The fourth-order valence-corrected chi connectivity index (χ4v) is 21.5. The molecule has 4 atom stereocenters. The molecule has 6 heteroatoms. The zero-order valence-corrected chi connectivity index (χ0v) is 34.1. The van der Waals surface area contributed by atoms with Gasteiger partial charge in [0.1, 0.15) is 0 Å². The molecule has 2 aromatic rings. The minimum Gasteiger partial charge on any atom is -0.314 e. The topological polar surface area (TPSA) is 48.1 Å². The Balaban J connectivity index is 1.12. The first-order chi connectivity index (χ1) is 26.0. The molecule has 9 aliphatic carbocycles. The van der Waals surface area contributed by atoms with Crippen LogP contribution >= 0.6 is 17.2 Å². The van der Waals surface area contributed by atoms with Gasteiger partial charge in [-0.05, 0) is 157 Å². The zero-order chi connectivity index (χ0) is 35.2. The van der Waals surface area contributed by atoms with Crippen LogP contribution in [0.1, 0.15) is 94.1 Å². The van der Waals surface area contributed by atoms with E-state index in [0.717, 1.165) is 74.8 Å². The molecule has 8 saturated carbocycles. The predicted molar refractivity (Wildman–Crippen MR) is 226 cm³/mol. The van der Waals surface area contributed by atoms with E-state index in [2.05, 4.69) is 97.2 Å². The Morgan fingerprint density at radius 1 is 0.604 bits per heavy atom. The van der Waals surface area contributed by atoms with Crippen LogP contribution in [0, 0.1) is 35.5 Å². The monoisotopic (exact) mass is 746 g/mol. The third-order valence-corrected chi connectivity index (χ3v) is 21.9. The van der Waals surface area contributed by atoms with Crippen LogP contribution in [0.3, 0.4) is 0 Å². The van der Waals surface area contributed by atoms with Crippen LogP contribution in [-0.2, 0) is 0 Å². The molecule has 0 spiro atoms. The lowest BCUT2D eigenvalue weighted by Gasteiger charge is -2.68. The fourth-order valence-electron chi connectivity index (χ4n) is 15.6. The second-order valence-electron chi connectivity index (χ2n) is 20.0. The van der Waals surface area contributed by atoms with Gasteiger partial charge in [0.05, 0.1) is 0 Å². The van der Waals surface area contributed by atoms with Gasteiger partial charge in [0, 0.05) is 62.4 Å². The molecule has 2 heterocycles. The van der Waals surface area contributed by atoms with Gasteiger partial charge in [-0.25, -0.2) is 0 Å². The van der Waals surface area contributed by atoms with Crippen LogP contribution in [0.25, 0.3) is 5.57 Å². The molecular formula is C47H64N4P2. The van der Waals surface area contributed by atoms with Crippen LogP contribution < -0.4 is 21.3 Å². The second kappa shape index (κ2) is 13.6. The number of hydrogen-bond donors (Lipinski definition) is 4. The maximum Gasteiger partial charge on any atom is 0.0426 e. The molecule has 282 valence electrons. The van der Waals surface area contributed by atoms with Gasteiger partial charge in [0.2, 0.25) is 0 Å². The van der Waals surface area contributed by atoms with E-state index < -0.39 is 0 Å². The number of rotatable bonds is 9. The van der Waals surface area contributed by atoms with E-state index in [4.69, 9.17) is 0 Å². The Kier molecular flexibility index (Phi) is 8.96. The van der Waals surface area contributed by atoms with E-state index in [1.807, 2.05) is 5.57 Å². The summed E-state index contributed by atoms with van der Waals surface area (Å²) in [5.41, 5.74) is 7.96. The quantitative estimate of drug-likeness (QED) is 0.195. The maximum absolute atomic E-state index is 4.12. The zero-order valence-electron chi connectivity index (χ0n) is 32.0. The number of hydrogen-bond acceptors (Lipinski definition) is 4. The van der Waals surface area contributed by atoms with Crippen molar-refractivity contribution in [2.75, 3.05) is 45.4 Å². The minimum absolute atomic E-state index is 0.135. The number of piperazine rings is 2. The molecule has 11 aliphatic rings. The lowest BCUT2D eigenvalue weighted by atomic mass is 9.55. The van der Waals surface area contributed by atoms with E-state index in [1.54, 1.807) is 88.2 Å². The molecule has 0 amide bonds. The molecule has 2 aromatic carbocycles. The summed E-state index contributed by atoms with van der Waals surface area (Å²) in [4.78, 5) is 0. The summed E-state index contributed by atoms with van der Waals surface area (Å²) in [6.07, 6.45) is 22.9. The van der Waals surface area contributed by atoms with Gasteiger partial charge in [-0.2, -0.15) is 0 Å². The van der Waals surface area contributed by atoms with Gasteiger partial charge in [-0.3, -0.25) is 0 Å². The molecule has 4 N–H and O–H groups in total.